The van der Waals surface area contributed by atoms with Gasteiger partial charge < -0.3 is 14.5 Å². The van der Waals surface area contributed by atoms with E-state index in [0.717, 1.165) is 28.4 Å². The molecule has 0 unspecified atom stereocenters. The molecule has 0 atom stereocenters. The Morgan fingerprint density at radius 2 is 1.69 bits per heavy atom. The molecule has 0 bridgehead atoms. The summed E-state index contributed by atoms with van der Waals surface area (Å²) in [6.07, 6.45) is 0. The highest BCUT2D eigenvalue weighted by Crippen LogP contribution is 2.26. The minimum Gasteiger partial charge on any atom is -0.483 e. The summed E-state index contributed by atoms with van der Waals surface area (Å²) >= 11 is 5.95. The van der Waals surface area contributed by atoms with Gasteiger partial charge in [-0.05, 0) is 41.8 Å². The van der Waals surface area contributed by atoms with Crippen molar-refractivity contribution in [1.29, 1.82) is 0 Å². The summed E-state index contributed by atoms with van der Waals surface area (Å²) in [7, 11) is 0. The monoisotopic (exact) mass is 450 g/mol. The first-order chi connectivity index (χ1) is 15.5. The fourth-order valence-electron chi connectivity index (χ4n) is 3.77. The van der Waals surface area contributed by atoms with E-state index in [-0.39, 0.29) is 12.5 Å². The van der Waals surface area contributed by atoms with Crippen molar-refractivity contribution in [2.45, 2.75) is 19.8 Å². The number of amides is 1. The van der Waals surface area contributed by atoms with E-state index < -0.39 is 0 Å². The van der Waals surface area contributed by atoms with Crippen LogP contribution in [0.3, 0.4) is 0 Å². The third kappa shape index (κ3) is 5.19. The molecule has 3 aromatic rings. The molecular weight excluding hydrogens is 424 g/mol. The lowest BCUT2D eigenvalue weighted by atomic mass is 10.0. The minimum atomic E-state index is 0.00683. The van der Waals surface area contributed by atoms with Crippen LogP contribution < -0.4 is 9.64 Å². The van der Waals surface area contributed by atoms with Crippen LogP contribution in [0.2, 0.25) is 5.02 Å². The van der Waals surface area contributed by atoms with Crippen molar-refractivity contribution in [1.82, 2.24) is 15.1 Å². The molecule has 0 radical (unpaired) electrons. The fraction of sp³-hybridized carbons (Fsp3) is 0.320. The van der Waals surface area contributed by atoms with E-state index >= 15 is 0 Å². The number of carbonyl (C=O) groups excluding carboxylic acids is 1. The molecule has 166 valence electrons. The molecule has 1 fully saturated rings. The van der Waals surface area contributed by atoms with Gasteiger partial charge in [0.05, 0.1) is 5.69 Å². The van der Waals surface area contributed by atoms with Crippen LogP contribution in [-0.4, -0.2) is 53.8 Å². The van der Waals surface area contributed by atoms with Gasteiger partial charge in [-0.1, -0.05) is 55.8 Å². The van der Waals surface area contributed by atoms with E-state index in [1.807, 2.05) is 65.6 Å². The van der Waals surface area contributed by atoms with Gasteiger partial charge >= 0.3 is 0 Å². The average Bonchev–Trinajstić information content (AvgIpc) is 2.83. The highest BCUT2D eigenvalue weighted by molar-refractivity contribution is 6.30. The van der Waals surface area contributed by atoms with Crippen molar-refractivity contribution in [3.05, 3.63) is 71.2 Å². The molecule has 2 heterocycles. The Morgan fingerprint density at radius 3 is 2.34 bits per heavy atom. The van der Waals surface area contributed by atoms with Gasteiger partial charge in [0.1, 0.15) is 5.75 Å². The average molecular weight is 451 g/mol. The summed E-state index contributed by atoms with van der Waals surface area (Å²) in [5.41, 5.74) is 2.90. The van der Waals surface area contributed by atoms with E-state index in [9.17, 15) is 4.79 Å². The highest BCUT2D eigenvalue weighted by atomic mass is 35.5. The number of ether oxygens (including phenoxy) is 1. The zero-order valence-electron chi connectivity index (χ0n) is 18.4. The highest BCUT2D eigenvalue weighted by Gasteiger charge is 2.23. The molecule has 0 spiro atoms. The molecule has 0 N–H and O–H groups in total. The second-order valence-electron chi connectivity index (χ2n) is 8.13. The minimum absolute atomic E-state index is 0.00683. The number of aromatic nitrogens is 2. The summed E-state index contributed by atoms with van der Waals surface area (Å²) in [4.78, 5) is 16.7. The topological polar surface area (TPSA) is 58.6 Å². The van der Waals surface area contributed by atoms with Crippen LogP contribution in [-0.2, 0) is 4.79 Å². The SMILES string of the molecule is CC(C)c1ccccc1OCC(=O)N1CCN(c2ccc(-c3ccc(Cl)cc3)nn2)CC1. The molecule has 32 heavy (non-hydrogen) atoms. The van der Waals surface area contributed by atoms with Gasteiger partial charge in [0.25, 0.3) is 5.91 Å². The van der Waals surface area contributed by atoms with Crippen LogP contribution in [0.1, 0.15) is 25.3 Å². The first-order valence-electron chi connectivity index (χ1n) is 10.9. The second-order valence-corrected chi connectivity index (χ2v) is 8.57. The number of hydrogen-bond acceptors (Lipinski definition) is 5. The molecule has 1 aliphatic rings. The van der Waals surface area contributed by atoms with Crippen LogP contribution in [0, 0.1) is 0 Å². The van der Waals surface area contributed by atoms with Gasteiger partial charge in [0.15, 0.2) is 12.4 Å². The standard InChI is InChI=1S/C25H27ClN4O2/c1-18(2)21-5-3-4-6-23(21)32-17-25(31)30-15-13-29(14-16-30)24-12-11-22(27-28-24)19-7-9-20(26)10-8-19/h3-12,18H,13-17H2,1-2H3. The maximum absolute atomic E-state index is 12.7. The van der Waals surface area contributed by atoms with E-state index in [0.29, 0.717) is 37.1 Å². The van der Waals surface area contributed by atoms with E-state index in [4.69, 9.17) is 16.3 Å². The third-order valence-corrected chi connectivity index (χ3v) is 5.89. The second kappa shape index (κ2) is 10.0. The summed E-state index contributed by atoms with van der Waals surface area (Å²) in [6.45, 7) is 6.98. The van der Waals surface area contributed by atoms with Gasteiger partial charge in [-0.15, -0.1) is 10.2 Å². The summed E-state index contributed by atoms with van der Waals surface area (Å²) in [6, 6.07) is 19.4. The van der Waals surface area contributed by atoms with Gasteiger partial charge in [-0.25, -0.2) is 0 Å². The number of piperazine rings is 1. The predicted octanol–water partition coefficient (Wildman–Crippen LogP) is 4.65. The number of anilines is 1. The lowest BCUT2D eigenvalue weighted by molar-refractivity contribution is -0.133. The molecule has 0 aliphatic carbocycles. The molecule has 1 saturated heterocycles. The molecule has 1 aliphatic heterocycles. The van der Waals surface area contributed by atoms with E-state index in [1.165, 1.54) is 0 Å². The number of rotatable bonds is 6. The first kappa shape index (κ1) is 22.1. The maximum atomic E-state index is 12.7. The van der Waals surface area contributed by atoms with E-state index in [1.54, 1.807) is 0 Å². The molecule has 1 aromatic heterocycles. The summed E-state index contributed by atoms with van der Waals surface area (Å²) in [5.74, 6) is 1.95. The Bertz CT molecular complexity index is 1050. The van der Waals surface area contributed by atoms with Crippen molar-refractivity contribution >= 4 is 23.3 Å². The smallest absolute Gasteiger partial charge is 0.260 e. The predicted molar refractivity (Wildman–Crippen MR) is 127 cm³/mol. The molecular formula is C25H27ClN4O2. The molecule has 0 saturated carbocycles. The van der Waals surface area contributed by atoms with Crippen LogP contribution in [0.25, 0.3) is 11.3 Å². The van der Waals surface area contributed by atoms with Gasteiger partial charge in [-0.3, -0.25) is 4.79 Å². The van der Waals surface area contributed by atoms with Crippen molar-refractivity contribution in [3.63, 3.8) is 0 Å². The van der Waals surface area contributed by atoms with Crippen molar-refractivity contribution < 1.29 is 9.53 Å². The Morgan fingerprint density at radius 1 is 0.969 bits per heavy atom. The normalized spacial score (nSPS) is 14.0. The van der Waals surface area contributed by atoms with Crippen LogP contribution in [0.4, 0.5) is 5.82 Å². The molecule has 1 amide bonds. The van der Waals surface area contributed by atoms with Crippen LogP contribution >= 0.6 is 11.6 Å². The Labute approximate surface area is 193 Å². The zero-order chi connectivity index (χ0) is 22.5. The van der Waals surface area contributed by atoms with Gasteiger partial charge in [-0.2, -0.15) is 0 Å². The number of benzene rings is 2. The lowest BCUT2D eigenvalue weighted by Crippen LogP contribution is -2.50. The zero-order valence-corrected chi connectivity index (χ0v) is 19.1. The Kier molecular flexibility index (Phi) is 6.90. The lowest BCUT2D eigenvalue weighted by Gasteiger charge is -2.35. The van der Waals surface area contributed by atoms with Crippen molar-refractivity contribution in [2.75, 3.05) is 37.7 Å². The van der Waals surface area contributed by atoms with E-state index in [2.05, 4.69) is 28.9 Å². The summed E-state index contributed by atoms with van der Waals surface area (Å²) < 4.78 is 5.85. The van der Waals surface area contributed by atoms with Crippen LogP contribution in [0.15, 0.2) is 60.7 Å². The number of carbonyl (C=O) groups is 1. The first-order valence-corrected chi connectivity index (χ1v) is 11.2. The fourth-order valence-corrected chi connectivity index (χ4v) is 3.90. The third-order valence-electron chi connectivity index (χ3n) is 5.64. The Hall–Kier alpha value is -3.12. The largest absolute Gasteiger partial charge is 0.483 e. The van der Waals surface area contributed by atoms with Gasteiger partial charge in [0.2, 0.25) is 0 Å². The van der Waals surface area contributed by atoms with Crippen LogP contribution in [0.5, 0.6) is 5.75 Å². The maximum Gasteiger partial charge on any atom is 0.260 e. The number of nitrogens with zero attached hydrogens (tertiary/aromatic N) is 4. The van der Waals surface area contributed by atoms with Gasteiger partial charge in [0, 0.05) is 36.8 Å². The molecule has 2 aromatic carbocycles. The number of halogens is 1. The Balaban J connectivity index is 1.30. The van der Waals surface area contributed by atoms with Crippen molar-refractivity contribution in [2.24, 2.45) is 0 Å². The molecule has 7 heteroatoms. The number of para-hydroxylation sites is 1. The molecule has 6 nitrogen and oxygen atoms in total. The van der Waals surface area contributed by atoms with Crippen molar-refractivity contribution in [3.8, 4) is 17.0 Å². The number of hydrogen-bond donors (Lipinski definition) is 0. The quantitative estimate of drug-likeness (QED) is 0.547. The summed E-state index contributed by atoms with van der Waals surface area (Å²) in [5, 5.41) is 9.44. The molecule has 4 rings (SSSR count).